The van der Waals surface area contributed by atoms with E-state index >= 15 is 0 Å². The van der Waals surface area contributed by atoms with Crippen molar-refractivity contribution in [3.05, 3.63) is 23.8 Å². The van der Waals surface area contributed by atoms with Gasteiger partial charge < -0.3 is 9.47 Å². The Morgan fingerprint density at radius 3 is 2.87 bits per heavy atom. The highest BCUT2D eigenvalue weighted by Gasteiger charge is 2.21. The van der Waals surface area contributed by atoms with Gasteiger partial charge in [-0.1, -0.05) is 6.07 Å². The van der Waals surface area contributed by atoms with E-state index in [1.54, 1.807) is 11.8 Å². The van der Waals surface area contributed by atoms with Crippen molar-refractivity contribution in [2.24, 2.45) is 0 Å². The molecule has 0 spiro atoms. The highest BCUT2D eigenvalue weighted by molar-refractivity contribution is 7.98. The summed E-state index contributed by atoms with van der Waals surface area (Å²) in [5, 5.41) is 9.06. The van der Waals surface area contributed by atoms with Crippen molar-refractivity contribution in [2.75, 3.05) is 19.5 Å². The summed E-state index contributed by atoms with van der Waals surface area (Å²) in [6, 6.07) is 7.84. The molecule has 78 valence electrons. The molecule has 0 aliphatic carbocycles. The number of ether oxygens (including phenoxy) is 2. The molecule has 0 bridgehead atoms. The van der Waals surface area contributed by atoms with Gasteiger partial charge in [0.25, 0.3) is 0 Å². The second-order valence-corrected chi connectivity index (χ2v) is 4.07. The number of benzene rings is 1. The van der Waals surface area contributed by atoms with Crippen molar-refractivity contribution in [1.29, 1.82) is 5.26 Å². The molecule has 1 aliphatic rings. The maximum absolute atomic E-state index is 9.06. The van der Waals surface area contributed by atoms with Crippen LogP contribution in [0.2, 0.25) is 0 Å². The van der Waals surface area contributed by atoms with Gasteiger partial charge in [0.2, 0.25) is 0 Å². The fourth-order valence-electron chi connectivity index (χ4n) is 1.35. The van der Waals surface area contributed by atoms with Crippen LogP contribution in [-0.2, 0) is 4.74 Å². The first kappa shape index (κ1) is 10.3. The van der Waals surface area contributed by atoms with Gasteiger partial charge in [-0.25, -0.2) is 0 Å². The van der Waals surface area contributed by atoms with E-state index in [2.05, 4.69) is 6.07 Å². The molecule has 0 aromatic heterocycles. The third-order valence-electron chi connectivity index (χ3n) is 2.22. The molecule has 1 aliphatic heterocycles. The molecule has 1 aromatic carbocycles. The lowest BCUT2D eigenvalue weighted by atomic mass is 10.2. The highest BCUT2D eigenvalue weighted by Crippen LogP contribution is 2.29. The van der Waals surface area contributed by atoms with Crippen molar-refractivity contribution in [1.82, 2.24) is 0 Å². The molecule has 4 heteroatoms. The third-order valence-corrected chi connectivity index (χ3v) is 3.00. The van der Waals surface area contributed by atoms with Crippen molar-refractivity contribution >= 4 is 11.8 Å². The van der Waals surface area contributed by atoms with Gasteiger partial charge in [0, 0.05) is 4.90 Å². The van der Waals surface area contributed by atoms with Gasteiger partial charge in [0.15, 0.2) is 0 Å². The lowest BCUT2D eigenvalue weighted by Gasteiger charge is -2.27. The monoisotopic (exact) mass is 221 g/mol. The Labute approximate surface area is 93.0 Å². The summed E-state index contributed by atoms with van der Waals surface area (Å²) in [6.07, 6.45) is 2.06. The molecule has 1 aromatic rings. The van der Waals surface area contributed by atoms with Crippen LogP contribution in [0.3, 0.4) is 0 Å². The number of rotatable bonds is 3. The first-order chi connectivity index (χ1) is 7.35. The SMILES string of the molecule is CSc1cccc(OC2COC2)c1C#N. The van der Waals surface area contributed by atoms with E-state index in [1.165, 1.54) is 0 Å². The molecule has 0 N–H and O–H groups in total. The predicted molar refractivity (Wildman–Crippen MR) is 58.2 cm³/mol. The highest BCUT2D eigenvalue weighted by atomic mass is 32.2. The Morgan fingerprint density at radius 2 is 2.33 bits per heavy atom. The largest absolute Gasteiger partial charge is 0.484 e. The average Bonchev–Trinajstić information content (AvgIpc) is 2.22. The van der Waals surface area contributed by atoms with E-state index in [0.717, 1.165) is 4.90 Å². The zero-order valence-corrected chi connectivity index (χ0v) is 9.21. The molecule has 0 amide bonds. The van der Waals surface area contributed by atoms with Crippen LogP contribution in [-0.4, -0.2) is 25.6 Å². The Balaban J connectivity index is 2.25. The van der Waals surface area contributed by atoms with Crippen LogP contribution in [0.4, 0.5) is 0 Å². The molecular weight excluding hydrogens is 210 g/mol. The van der Waals surface area contributed by atoms with E-state index in [4.69, 9.17) is 14.7 Å². The quantitative estimate of drug-likeness (QED) is 0.733. The number of nitriles is 1. The van der Waals surface area contributed by atoms with Crippen molar-refractivity contribution in [3.63, 3.8) is 0 Å². The fourth-order valence-corrected chi connectivity index (χ4v) is 1.92. The van der Waals surface area contributed by atoms with Crippen LogP contribution in [0.1, 0.15) is 5.56 Å². The van der Waals surface area contributed by atoms with Gasteiger partial charge >= 0.3 is 0 Å². The van der Waals surface area contributed by atoms with Gasteiger partial charge in [0.1, 0.15) is 23.5 Å². The number of hydrogen-bond donors (Lipinski definition) is 0. The second kappa shape index (κ2) is 4.56. The molecule has 1 heterocycles. The lowest BCUT2D eigenvalue weighted by molar-refractivity contribution is -0.0798. The van der Waals surface area contributed by atoms with Gasteiger partial charge in [-0.3, -0.25) is 0 Å². The summed E-state index contributed by atoms with van der Waals surface area (Å²) < 4.78 is 10.7. The number of hydrogen-bond acceptors (Lipinski definition) is 4. The van der Waals surface area contributed by atoms with Gasteiger partial charge in [-0.2, -0.15) is 5.26 Å². The van der Waals surface area contributed by atoms with Crippen LogP contribution >= 0.6 is 11.8 Å². The van der Waals surface area contributed by atoms with Gasteiger partial charge in [-0.05, 0) is 18.4 Å². The minimum atomic E-state index is 0.106. The summed E-state index contributed by atoms with van der Waals surface area (Å²) in [5.41, 5.74) is 0.622. The van der Waals surface area contributed by atoms with Crippen LogP contribution in [0.5, 0.6) is 5.75 Å². The predicted octanol–water partition coefficient (Wildman–Crippen LogP) is 2.06. The zero-order valence-electron chi connectivity index (χ0n) is 8.40. The Hall–Kier alpha value is -1.18. The van der Waals surface area contributed by atoms with E-state index < -0.39 is 0 Å². The van der Waals surface area contributed by atoms with Crippen LogP contribution in [0.15, 0.2) is 23.1 Å². The lowest BCUT2D eigenvalue weighted by Crippen LogP contribution is -2.38. The molecule has 1 saturated heterocycles. The summed E-state index contributed by atoms with van der Waals surface area (Å²) in [6.45, 7) is 1.24. The molecule has 3 nitrogen and oxygen atoms in total. The van der Waals surface area contributed by atoms with Gasteiger partial charge in [0.05, 0.1) is 13.2 Å². The first-order valence-electron chi connectivity index (χ1n) is 4.66. The molecule has 0 unspecified atom stereocenters. The van der Waals surface area contributed by atoms with Crippen molar-refractivity contribution in [3.8, 4) is 11.8 Å². The average molecular weight is 221 g/mol. The van der Waals surface area contributed by atoms with E-state index in [-0.39, 0.29) is 6.10 Å². The zero-order chi connectivity index (χ0) is 10.7. The molecule has 0 saturated carbocycles. The van der Waals surface area contributed by atoms with Gasteiger partial charge in [-0.15, -0.1) is 11.8 Å². The standard InChI is InChI=1S/C11H11NO2S/c1-15-11-4-2-3-10(9(11)5-12)14-8-6-13-7-8/h2-4,8H,6-7H2,1H3. The topological polar surface area (TPSA) is 42.2 Å². The summed E-state index contributed by atoms with van der Waals surface area (Å²) >= 11 is 1.55. The maximum atomic E-state index is 9.06. The first-order valence-corrected chi connectivity index (χ1v) is 5.89. The van der Waals surface area contributed by atoms with Crippen LogP contribution < -0.4 is 4.74 Å². The minimum absolute atomic E-state index is 0.106. The summed E-state index contributed by atoms with van der Waals surface area (Å²) in [4.78, 5) is 0.954. The molecule has 2 rings (SSSR count). The third kappa shape index (κ3) is 2.09. The Kier molecular flexibility index (Phi) is 3.14. The van der Waals surface area contributed by atoms with Crippen molar-refractivity contribution in [2.45, 2.75) is 11.0 Å². The van der Waals surface area contributed by atoms with Crippen LogP contribution in [0, 0.1) is 11.3 Å². The van der Waals surface area contributed by atoms with E-state index in [9.17, 15) is 0 Å². The van der Waals surface area contributed by atoms with E-state index in [0.29, 0.717) is 24.5 Å². The molecule has 0 radical (unpaired) electrons. The van der Waals surface area contributed by atoms with E-state index in [1.807, 2.05) is 24.5 Å². The maximum Gasteiger partial charge on any atom is 0.145 e. The number of thioether (sulfide) groups is 1. The molecule has 1 fully saturated rings. The summed E-state index contributed by atoms with van der Waals surface area (Å²) in [5.74, 6) is 0.664. The van der Waals surface area contributed by atoms with Crippen LogP contribution in [0.25, 0.3) is 0 Å². The number of nitrogens with zero attached hydrogens (tertiary/aromatic N) is 1. The molecule has 15 heavy (non-hydrogen) atoms. The van der Waals surface area contributed by atoms with Crippen molar-refractivity contribution < 1.29 is 9.47 Å². The minimum Gasteiger partial charge on any atom is -0.484 e. The fraction of sp³-hybridized carbons (Fsp3) is 0.364. The summed E-state index contributed by atoms with van der Waals surface area (Å²) in [7, 11) is 0. The second-order valence-electron chi connectivity index (χ2n) is 3.22. The smallest absolute Gasteiger partial charge is 0.145 e. The normalized spacial score (nSPS) is 15.5. The molecule has 0 atom stereocenters. The molecular formula is C11H11NO2S. The Morgan fingerprint density at radius 1 is 1.53 bits per heavy atom. The Bertz CT molecular complexity index is 396.